The van der Waals surface area contributed by atoms with Gasteiger partial charge in [0.15, 0.2) is 0 Å². The first-order chi connectivity index (χ1) is 11.8. The van der Waals surface area contributed by atoms with Gasteiger partial charge in [-0.3, -0.25) is 9.78 Å². The molecule has 3 aliphatic rings. The van der Waals surface area contributed by atoms with E-state index in [1.807, 2.05) is 12.1 Å². The van der Waals surface area contributed by atoms with Crippen LogP contribution in [0.4, 0.5) is 0 Å². The second-order valence-electron chi connectivity index (χ2n) is 7.51. The molecule has 1 saturated carbocycles. The summed E-state index contributed by atoms with van der Waals surface area (Å²) in [4.78, 5) is 19.0. The van der Waals surface area contributed by atoms with Crippen molar-refractivity contribution in [2.45, 2.75) is 50.8 Å². The highest BCUT2D eigenvalue weighted by atomic mass is 16.5. The second-order valence-corrected chi connectivity index (χ2v) is 7.51. The molecule has 0 bridgehead atoms. The predicted molar refractivity (Wildman–Crippen MR) is 91.2 cm³/mol. The zero-order chi connectivity index (χ0) is 16.4. The van der Waals surface area contributed by atoms with Crippen molar-refractivity contribution in [2.75, 3.05) is 19.7 Å². The third-order valence-corrected chi connectivity index (χ3v) is 6.02. The minimum atomic E-state index is 0.0888. The number of fused-ring (bicyclic) bond motifs is 1. The van der Waals surface area contributed by atoms with Crippen molar-refractivity contribution < 1.29 is 9.53 Å². The molecule has 0 radical (unpaired) electrons. The van der Waals surface area contributed by atoms with Crippen LogP contribution in [-0.4, -0.2) is 47.6 Å². The number of nitrogens with zero attached hydrogens (tertiary/aromatic N) is 2. The quantitative estimate of drug-likeness (QED) is 0.897. The van der Waals surface area contributed by atoms with Crippen LogP contribution in [0.2, 0.25) is 0 Å². The molecule has 24 heavy (non-hydrogen) atoms. The van der Waals surface area contributed by atoms with Gasteiger partial charge in [-0.25, -0.2) is 0 Å². The van der Waals surface area contributed by atoms with Gasteiger partial charge >= 0.3 is 0 Å². The number of aromatic nitrogens is 1. The molecule has 2 saturated heterocycles. The van der Waals surface area contributed by atoms with Gasteiger partial charge in [0.1, 0.15) is 0 Å². The van der Waals surface area contributed by atoms with E-state index in [1.165, 1.54) is 38.8 Å². The average molecular weight is 329 g/mol. The zero-order valence-electron chi connectivity index (χ0n) is 14.2. The highest BCUT2D eigenvalue weighted by Crippen LogP contribution is 2.38. The van der Waals surface area contributed by atoms with E-state index in [9.17, 15) is 4.79 Å². The number of hydrogen-bond acceptors (Lipinski definition) is 4. The number of ether oxygens (including phenoxy) is 1. The first-order valence-electron chi connectivity index (χ1n) is 9.31. The summed E-state index contributed by atoms with van der Waals surface area (Å²) in [7, 11) is 0. The van der Waals surface area contributed by atoms with E-state index in [-0.39, 0.29) is 12.0 Å². The fourth-order valence-corrected chi connectivity index (χ4v) is 4.37. The van der Waals surface area contributed by atoms with E-state index in [2.05, 4.69) is 15.2 Å². The first kappa shape index (κ1) is 16.0. The Kier molecular flexibility index (Phi) is 4.81. The van der Waals surface area contributed by atoms with Gasteiger partial charge in [0.25, 0.3) is 0 Å². The first-order valence-corrected chi connectivity index (χ1v) is 9.31. The number of amides is 1. The van der Waals surface area contributed by atoms with E-state index < -0.39 is 0 Å². The maximum Gasteiger partial charge on any atom is 0.222 e. The number of carbonyl (C=O) groups excluding carboxylic acids is 1. The molecule has 1 aromatic heterocycles. The Bertz CT molecular complexity index is 561. The Morgan fingerprint density at radius 2 is 2.29 bits per heavy atom. The molecule has 3 atom stereocenters. The molecule has 3 fully saturated rings. The van der Waals surface area contributed by atoms with E-state index >= 15 is 0 Å². The lowest BCUT2D eigenvalue weighted by molar-refractivity contribution is -0.124. The van der Waals surface area contributed by atoms with Crippen molar-refractivity contribution in [2.24, 2.45) is 11.8 Å². The van der Waals surface area contributed by atoms with Crippen LogP contribution in [0, 0.1) is 11.8 Å². The lowest BCUT2D eigenvalue weighted by Crippen LogP contribution is -2.49. The minimum absolute atomic E-state index is 0.0888. The third-order valence-electron chi connectivity index (χ3n) is 6.02. The van der Waals surface area contributed by atoms with Crippen LogP contribution in [0.1, 0.15) is 37.7 Å². The largest absolute Gasteiger partial charge is 0.377 e. The molecule has 2 aliphatic heterocycles. The Labute approximate surface area is 143 Å². The van der Waals surface area contributed by atoms with E-state index in [4.69, 9.17) is 4.74 Å². The van der Waals surface area contributed by atoms with Crippen LogP contribution in [0.25, 0.3) is 0 Å². The highest BCUT2D eigenvalue weighted by molar-refractivity contribution is 5.76. The SMILES string of the molecule is O=C(C[C@@H]1OC[C@@H]2CN(C3CCC3)CC[C@@H]21)NCc1cccnc1. The summed E-state index contributed by atoms with van der Waals surface area (Å²) in [6, 6.07) is 4.70. The number of piperidine rings is 1. The summed E-state index contributed by atoms with van der Waals surface area (Å²) in [5.41, 5.74) is 1.03. The van der Waals surface area contributed by atoms with Gasteiger partial charge in [0, 0.05) is 37.4 Å². The molecule has 3 heterocycles. The summed E-state index contributed by atoms with van der Waals surface area (Å²) in [5.74, 6) is 1.27. The number of pyridine rings is 1. The maximum atomic E-state index is 12.3. The molecular weight excluding hydrogens is 302 g/mol. The molecule has 4 rings (SSSR count). The summed E-state index contributed by atoms with van der Waals surface area (Å²) in [5, 5.41) is 3.00. The van der Waals surface area contributed by atoms with Crippen LogP contribution < -0.4 is 5.32 Å². The molecule has 1 N–H and O–H groups in total. The topological polar surface area (TPSA) is 54.5 Å². The summed E-state index contributed by atoms with van der Waals surface area (Å²) >= 11 is 0. The van der Waals surface area contributed by atoms with Crippen molar-refractivity contribution in [3.8, 4) is 0 Å². The summed E-state index contributed by atoms with van der Waals surface area (Å²) in [6.07, 6.45) is 9.45. The molecule has 1 amide bonds. The monoisotopic (exact) mass is 329 g/mol. The maximum absolute atomic E-state index is 12.3. The van der Waals surface area contributed by atoms with Gasteiger partial charge in [-0.1, -0.05) is 12.5 Å². The predicted octanol–water partition coefficient (Wildman–Crippen LogP) is 1.98. The lowest BCUT2D eigenvalue weighted by Gasteiger charge is -2.43. The highest BCUT2D eigenvalue weighted by Gasteiger charge is 2.43. The Morgan fingerprint density at radius 3 is 3.04 bits per heavy atom. The summed E-state index contributed by atoms with van der Waals surface area (Å²) in [6.45, 7) is 3.73. The zero-order valence-corrected chi connectivity index (χ0v) is 14.2. The van der Waals surface area contributed by atoms with Crippen LogP contribution in [-0.2, 0) is 16.1 Å². The lowest BCUT2D eigenvalue weighted by atomic mass is 9.80. The normalized spacial score (nSPS) is 30.6. The van der Waals surface area contributed by atoms with E-state index in [0.29, 0.717) is 24.8 Å². The fraction of sp³-hybridized carbons (Fsp3) is 0.684. The smallest absolute Gasteiger partial charge is 0.222 e. The number of carbonyl (C=O) groups is 1. The van der Waals surface area contributed by atoms with Gasteiger partial charge in [-0.05, 0) is 43.4 Å². The fourth-order valence-electron chi connectivity index (χ4n) is 4.37. The van der Waals surface area contributed by atoms with Crippen molar-refractivity contribution >= 4 is 5.91 Å². The Morgan fingerprint density at radius 1 is 1.38 bits per heavy atom. The van der Waals surface area contributed by atoms with Crippen LogP contribution in [0.3, 0.4) is 0 Å². The summed E-state index contributed by atoms with van der Waals surface area (Å²) < 4.78 is 6.00. The molecule has 130 valence electrons. The van der Waals surface area contributed by atoms with Gasteiger partial charge in [0.2, 0.25) is 5.91 Å². The van der Waals surface area contributed by atoms with Crippen LogP contribution in [0.5, 0.6) is 0 Å². The van der Waals surface area contributed by atoms with E-state index in [0.717, 1.165) is 18.2 Å². The number of nitrogens with one attached hydrogen (secondary N) is 1. The molecule has 0 spiro atoms. The van der Waals surface area contributed by atoms with Crippen molar-refractivity contribution in [3.63, 3.8) is 0 Å². The second kappa shape index (κ2) is 7.19. The molecule has 5 nitrogen and oxygen atoms in total. The van der Waals surface area contributed by atoms with E-state index in [1.54, 1.807) is 12.4 Å². The molecular formula is C19H27N3O2. The van der Waals surface area contributed by atoms with Crippen molar-refractivity contribution in [3.05, 3.63) is 30.1 Å². The molecule has 0 aromatic carbocycles. The van der Waals surface area contributed by atoms with Gasteiger partial charge in [-0.15, -0.1) is 0 Å². The third kappa shape index (κ3) is 3.47. The van der Waals surface area contributed by atoms with Crippen LogP contribution in [0.15, 0.2) is 24.5 Å². The number of rotatable bonds is 5. The molecule has 5 heteroatoms. The molecule has 1 aliphatic carbocycles. The standard InChI is InChI=1S/C19H27N3O2/c23-19(21-11-14-3-2-7-20-10-14)9-18-17-6-8-22(16-4-1-5-16)12-15(17)13-24-18/h2-3,7,10,15-18H,1,4-6,8-9,11-13H2,(H,21,23)/t15-,17-,18-/m0/s1. The van der Waals surface area contributed by atoms with Crippen molar-refractivity contribution in [1.29, 1.82) is 0 Å². The number of likely N-dealkylation sites (tertiary alicyclic amines) is 1. The van der Waals surface area contributed by atoms with Crippen molar-refractivity contribution in [1.82, 2.24) is 15.2 Å². The Balaban J connectivity index is 1.25. The molecule has 1 aromatic rings. The Hall–Kier alpha value is -1.46. The van der Waals surface area contributed by atoms with Crippen LogP contribution >= 0.6 is 0 Å². The van der Waals surface area contributed by atoms with Gasteiger partial charge in [0.05, 0.1) is 19.1 Å². The van der Waals surface area contributed by atoms with Gasteiger partial charge in [-0.2, -0.15) is 0 Å². The average Bonchev–Trinajstić information content (AvgIpc) is 2.95. The number of hydrogen-bond donors (Lipinski definition) is 1. The molecule has 0 unspecified atom stereocenters. The van der Waals surface area contributed by atoms with Gasteiger partial charge < -0.3 is 15.0 Å². The minimum Gasteiger partial charge on any atom is -0.377 e.